The van der Waals surface area contributed by atoms with Gasteiger partial charge in [-0.25, -0.2) is 9.97 Å². The van der Waals surface area contributed by atoms with E-state index < -0.39 is 6.29 Å². The molecule has 2 heterocycles. The minimum absolute atomic E-state index is 0.0607. The van der Waals surface area contributed by atoms with E-state index in [-0.39, 0.29) is 25.6 Å². The molecule has 104 valence electrons. The van der Waals surface area contributed by atoms with Crippen molar-refractivity contribution in [2.75, 3.05) is 12.1 Å². The average molecular weight is 333 g/mol. The van der Waals surface area contributed by atoms with Crippen molar-refractivity contribution in [2.24, 2.45) is 0 Å². The lowest BCUT2D eigenvalue weighted by atomic mass is 10.4. The standard InChI is InChI=1S/C10H13BrN4O4/c11-6-3-15(5-19-7(17)1-2-16)10-8(6)9(14-18)12-4-13-10/h3-4,7,16-18H,1-2,5H2,(H,12,13,14). The zero-order valence-electron chi connectivity index (χ0n) is 9.82. The summed E-state index contributed by atoms with van der Waals surface area (Å²) in [4.78, 5) is 7.98. The molecule has 2 rings (SSSR count). The molecule has 2 aromatic heterocycles. The number of fused-ring (bicyclic) bond motifs is 1. The zero-order chi connectivity index (χ0) is 13.8. The molecule has 1 atom stereocenters. The van der Waals surface area contributed by atoms with Crippen LogP contribution in [-0.2, 0) is 11.5 Å². The van der Waals surface area contributed by atoms with Gasteiger partial charge in [0.2, 0.25) is 0 Å². The second kappa shape index (κ2) is 6.26. The van der Waals surface area contributed by atoms with Gasteiger partial charge in [0.05, 0.1) is 5.39 Å². The largest absolute Gasteiger partial charge is 0.396 e. The van der Waals surface area contributed by atoms with Gasteiger partial charge in [-0.2, -0.15) is 0 Å². The molecule has 0 amide bonds. The Balaban J connectivity index is 2.25. The summed E-state index contributed by atoms with van der Waals surface area (Å²) in [5.41, 5.74) is 2.53. The van der Waals surface area contributed by atoms with Crippen molar-refractivity contribution in [3.8, 4) is 0 Å². The van der Waals surface area contributed by atoms with E-state index >= 15 is 0 Å². The molecule has 0 bridgehead atoms. The fraction of sp³-hybridized carbons (Fsp3) is 0.400. The summed E-state index contributed by atoms with van der Waals surface area (Å²) in [6.45, 7) is -0.0941. The number of aliphatic hydroxyl groups excluding tert-OH is 2. The van der Waals surface area contributed by atoms with E-state index in [9.17, 15) is 5.11 Å². The van der Waals surface area contributed by atoms with Gasteiger partial charge in [-0.3, -0.25) is 10.7 Å². The first-order chi connectivity index (χ1) is 9.17. The fourth-order valence-electron chi connectivity index (χ4n) is 1.62. The minimum Gasteiger partial charge on any atom is -0.396 e. The normalized spacial score (nSPS) is 12.8. The van der Waals surface area contributed by atoms with Crippen LogP contribution in [0.15, 0.2) is 17.0 Å². The van der Waals surface area contributed by atoms with E-state index in [2.05, 4.69) is 25.9 Å². The zero-order valence-corrected chi connectivity index (χ0v) is 11.4. The Labute approximate surface area is 116 Å². The highest BCUT2D eigenvalue weighted by atomic mass is 79.9. The van der Waals surface area contributed by atoms with E-state index in [1.165, 1.54) is 6.33 Å². The van der Waals surface area contributed by atoms with Crippen LogP contribution >= 0.6 is 15.9 Å². The van der Waals surface area contributed by atoms with Crippen LogP contribution in [0.4, 0.5) is 5.82 Å². The van der Waals surface area contributed by atoms with Gasteiger partial charge < -0.3 is 19.5 Å². The molecule has 0 aromatic carbocycles. The van der Waals surface area contributed by atoms with Gasteiger partial charge in [-0.1, -0.05) is 0 Å². The maximum absolute atomic E-state index is 9.40. The van der Waals surface area contributed by atoms with Crippen LogP contribution in [0.5, 0.6) is 0 Å². The molecule has 0 radical (unpaired) electrons. The van der Waals surface area contributed by atoms with Crippen LogP contribution in [0.2, 0.25) is 0 Å². The van der Waals surface area contributed by atoms with Crippen molar-refractivity contribution < 1.29 is 20.2 Å². The molecule has 0 saturated carbocycles. The maximum atomic E-state index is 9.40. The molecule has 9 heteroatoms. The Hall–Kier alpha value is -1.26. The molecule has 1 unspecified atom stereocenters. The number of hydrogen-bond acceptors (Lipinski definition) is 7. The van der Waals surface area contributed by atoms with E-state index in [4.69, 9.17) is 15.1 Å². The van der Waals surface area contributed by atoms with E-state index in [0.717, 1.165) is 0 Å². The molecule has 19 heavy (non-hydrogen) atoms. The Morgan fingerprint density at radius 2 is 2.26 bits per heavy atom. The number of anilines is 1. The van der Waals surface area contributed by atoms with Gasteiger partial charge in [0.1, 0.15) is 18.7 Å². The highest BCUT2D eigenvalue weighted by molar-refractivity contribution is 9.10. The van der Waals surface area contributed by atoms with Gasteiger partial charge >= 0.3 is 0 Å². The predicted octanol–water partition coefficient (Wildman–Crippen LogP) is 0.670. The average Bonchev–Trinajstić information content (AvgIpc) is 2.74. The van der Waals surface area contributed by atoms with Crippen molar-refractivity contribution in [1.82, 2.24) is 14.5 Å². The van der Waals surface area contributed by atoms with Gasteiger partial charge in [0.15, 0.2) is 12.1 Å². The first-order valence-electron chi connectivity index (χ1n) is 5.47. The quantitative estimate of drug-likeness (QED) is 0.454. The van der Waals surface area contributed by atoms with Crippen LogP contribution in [0.25, 0.3) is 11.0 Å². The third-order valence-corrected chi connectivity index (χ3v) is 3.10. The van der Waals surface area contributed by atoms with Gasteiger partial charge in [0, 0.05) is 23.7 Å². The second-order valence-corrected chi connectivity index (χ2v) is 4.60. The lowest BCUT2D eigenvalue weighted by Crippen LogP contribution is -2.16. The molecular weight excluding hydrogens is 320 g/mol. The lowest BCUT2D eigenvalue weighted by Gasteiger charge is -2.11. The van der Waals surface area contributed by atoms with Crippen LogP contribution < -0.4 is 5.48 Å². The molecule has 4 N–H and O–H groups in total. The van der Waals surface area contributed by atoms with E-state index in [1.54, 1.807) is 10.8 Å². The summed E-state index contributed by atoms with van der Waals surface area (Å²) in [5, 5.41) is 27.7. The fourth-order valence-corrected chi connectivity index (χ4v) is 2.23. The second-order valence-electron chi connectivity index (χ2n) is 3.74. The molecule has 0 spiro atoms. The molecule has 0 saturated heterocycles. The topological polar surface area (TPSA) is 113 Å². The van der Waals surface area contributed by atoms with Gasteiger partial charge in [-0.05, 0) is 15.9 Å². The molecule has 0 aliphatic heterocycles. The van der Waals surface area contributed by atoms with Gasteiger partial charge in [0.25, 0.3) is 0 Å². The number of nitrogens with one attached hydrogen (secondary N) is 1. The van der Waals surface area contributed by atoms with Crippen molar-refractivity contribution >= 4 is 32.8 Å². The summed E-state index contributed by atoms with van der Waals surface area (Å²) in [6, 6.07) is 0. The van der Waals surface area contributed by atoms with Crippen LogP contribution in [-0.4, -0.2) is 42.9 Å². The van der Waals surface area contributed by atoms with Crippen molar-refractivity contribution in [3.63, 3.8) is 0 Å². The molecule has 8 nitrogen and oxygen atoms in total. The van der Waals surface area contributed by atoms with E-state index in [0.29, 0.717) is 15.5 Å². The Kier molecular flexibility index (Phi) is 4.66. The number of ether oxygens (including phenoxy) is 1. The first kappa shape index (κ1) is 14.2. The summed E-state index contributed by atoms with van der Waals surface area (Å²) >= 11 is 3.34. The van der Waals surface area contributed by atoms with Crippen LogP contribution in [0, 0.1) is 0 Å². The van der Waals surface area contributed by atoms with Crippen LogP contribution in [0.1, 0.15) is 6.42 Å². The summed E-state index contributed by atoms with van der Waals surface area (Å²) in [5.74, 6) is 0.270. The van der Waals surface area contributed by atoms with Crippen molar-refractivity contribution in [2.45, 2.75) is 19.4 Å². The predicted molar refractivity (Wildman–Crippen MR) is 69.4 cm³/mol. The molecule has 0 aliphatic rings. The number of hydrogen-bond donors (Lipinski definition) is 4. The first-order valence-corrected chi connectivity index (χ1v) is 6.26. The highest BCUT2D eigenvalue weighted by Gasteiger charge is 2.13. The van der Waals surface area contributed by atoms with Crippen molar-refractivity contribution in [1.29, 1.82) is 0 Å². The Morgan fingerprint density at radius 3 is 2.95 bits per heavy atom. The number of aliphatic hydroxyl groups is 2. The Morgan fingerprint density at radius 1 is 1.47 bits per heavy atom. The molecule has 2 aromatic rings. The lowest BCUT2D eigenvalue weighted by molar-refractivity contribution is -0.132. The molecular formula is C10H13BrN4O4. The summed E-state index contributed by atoms with van der Waals surface area (Å²) < 4.78 is 7.48. The molecule has 0 aliphatic carbocycles. The van der Waals surface area contributed by atoms with Crippen LogP contribution in [0.3, 0.4) is 0 Å². The SMILES string of the molecule is OCCC(O)OCn1cc(Br)c2c(NO)ncnc21. The Bertz CT molecular complexity index is 562. The third kappa shape index (κ3) is 3.01. The maximum Gasteiger partial charge on any atom is 0.163 e. The van der Waals surface area contributed by atoms with Gasteiger partial charge in [-0.15, -0.1) is 0 Å². The summed E-state index contributed by atoms with van der Waals surface area (Å²) in [7, 11) is 0. The highest BCUT2D eigenvalue weighted by Crippen LogP contribution is 2.29. The van der Waals surface area contributed by atoms with E-state index in [1.807, 2.05) is 5.48 Å². The number of halogens is 1. The summed E-state index contributed by atoms with van der Waals surface area (Å²) in [6.07, 6.45) is 2.09. The molecule has 0 fully saturated rings. The smallest absolute Gasteiger partial charge is 0.163 e. The minimum atomic E-state index is -1.04. The third-order valence-electron chi connectivity index (χ3n) is 2.50. The van der Waals surface area contributed by atoms with Crippen molar-refractivity contribution in [3.05, 3.63) is 17.0 Å². The number of rotatable bonds is 6. The number of aromatic nitrogens is 3. The monoisotopic (exact) mass is 332 g/mol. The number of nitrogens with zero attached hydrogens (tertiary/aromatic N) is 3.